The van der Waals surface area contributed by atoms with Gasteiger partial charge in [-0.25, -0.2) is 9.98 Å². The highest BCUT2D eigenvalue weighted by Crippen LogP contribution is 2.14. The third-order valence-corrected chi connectivity index (χ3v) is 4.45. The van der Waals surface area contributed by atoms with Crippen LogP contribution in [-0.2, 0) is 26.1 Å². The van der Waals surface area contributed by atoms with E-state index in [1.807, 2.05) is 6.92 Å². The summed E-state index contributed by atoms with van der Waals surface area (Å²) in [7, 11) is 0. The van der Waals surface area contributed by atoms with E-state index in [0.717, 1.165) is 54.2 Å². The second-order valence-electron chi connectivity index (χ2n) is 5.22. The minimum Gasteiger partial charge on any atom is -0.357 e. The van der Waals surface area contributed by atoms with Gasteiger partial charge in [-0.1, -0.05) is 0 Å². The van der Waals surface area contributed by atoms with Gasteiger partial charge in [0.2, 0.25) is 0 Å². The molecule has 0 radical (unpaired) electrons. The Balaban J connectivity index is 1.62. The largest absolute Gasteiger partial charge is 0.357 e. The molecule has 3 heterocycles. The summed E-state index contributed by atoms with van der Waals surface area (Å²) in [5.74, 6) is 2.81. The minimum atomic E-state index is 0.541. The molecule has 2 aromatic rings. The Bertz CT molecular complexity index is 658. The number of thiazole rings is 1. The fraction of sp³-hybridized carbons (Fsp3) is 0.571. The van der Waals surface area contributed by atoms with Gasteiger partial charge in [-0.2, -0.15) is 0 Å². The number of hydrogen-bond acceptors (Lipinski definition) is 5. The Morgan fingerprint density at radius 2 is 2.32 bits per heavy atom. The Labute approximate surface area is 133 Å². The van der Waals surface area contributed by atoms with Crippen molar-refractivity contribution in [3.63, 3.8) is 0 Å². The van der Waals surface area contributed by atoms with Crippen LogP contribution >= 0.6 is 11.3 Å². The number of guanidine groups is 1. The number of nitrogens with zero attached hydrogens (tertiary/aromatic N) is 5. The van der Waals surface area contributed by atoms with Gasteiger partial charge in [0.15, 0.2) is 11.8 Å². The van der Waals surface area contributed by atoms with Crippen molar-refractivity contribution in [2.75, 3.05) is 6.54 Å². The molecule has 1 aliphatic heterocycles. The zero-order chi connectivity index (χ0) is 15.4. The first-order valence-electron chi connectivity index (χ1n) is 7.60. The summed E-state index contributed by atoms with van der Waals surface area (Å²) in [6.45, 7) is 7.11. The maximum absolute atomic E-state index is 4.60. The first-order valence-corrected chi connectivity index (χ1v) is 8.48. The molecule has 0 unspecified atom stereocenters. The molecule has 1 aliphatic rings. The average Bonchev–Trinajstić information content (AvgIpc) is 3.19. The van der Waals surface area contributed by atoms with Crippen molar-refractivity contribution >= 4 is 17.3 Å². The predicted molar refractivity (Wildman–Crippen MR) is 86.8 cm³/mol. The number of nitrogens with one attached hydrogen (secondary N) is 2. The van der Waals surface area contributed by atoms with Crippen LogP contribution in [0.1, 0.15) is 35.7 Å². The van der Waals surface area contributed by atoms with Crippen molar-refractivity contribution in [2.24, 2.45) is 4.99 Å². The Morgan fingerprint density at radius 3 is 3.09 bits per heavy atom. The molecule has 3 rings (SSSR count). The van der Waals surface area contributed by atoms with Crippen molar-refractivity contribution in [1.29, 1.82) is 0 Å². The Morgan fingerprint density at radius 1 is 1.41 bits per heavy atom. The lowest BCUT2D eigenvalue weighted by atomic mass is 10.4. The molecule has 0 spiro atoms. The zero-order valence-electron chi connectivity index (χ0n) is 13.0. The highest BCUT2D eigenvalue weighted by atomic mass is 32.1. The number of aryl methyl sites for hydroxylation is 2. The van der Waals surface area contributed by atoms with E-state index in [1.165, 1.54) is 0 Å². The summed E-state index contributed by atoms with van der Waals surface area (Å²) in [5.41, 5.74) is 1.06. The van der Waals surface area contributed by atoms with Gasteiger partial charge in [-0.15, -0.1) is 21.5 Å². The monoisotopic (exact) mass is 319 g/mol. The van der Waals surface area contributed by atoms with Gasteiger partial charge in [0.1, 0.15) is 17.4 Å². The van der Waals surface area contributed by atoms with Gasteiger partial charge in [0.25, 0.3) is 0 Å². The molecule has 0 bridgehead atoms. The number of rotatable bonds is 5. The van der Waals surface area contributed by atoms with Crippen LogP contribution in [0.15, 0.2) is 10.4 Å². The highest BCUT2D eigenvalue weighted by Gasteiger charge is 2.16. The van der Waals surface area contributed by atoms with Crippen molar-refractivity contribution in [1.82, 2.24) is 30.4 Å². The summed E-state index contributed by atoms with van der Waals surface area (Å²) >= 11 is 1.66. The van der Waals surface area contributed by atoms with Crippen LogP contribution in [0.5, 0.6) is 0 Å². The summed E-state index contributed by atoms with van der Waals surface area (Å²) in [4.78, 5) is 9.05. The number of aromatic nitrogens is 4. The molecular weight excluding hydrogens is 298 g/mol. The fourth-order valence-corrected chi connectivity index (χ4v) is 3.17. The highest BCUT2D eigenvalue weighted by molar-refractivity contribution is 7.09. The fourth-order valence-electron chi connectivity index (χ4n) is 2.46. The summed E-state index contributed by atoms with van der Waals surface area (Å²) in [6, 6.07) is 0. The van der Waals surface area contributed by atoms with Crippen molar-refractivity contribution < 1.29 is 0 Å². The molecule has 0 fully saturated rings. The van der Waals surface area contributed by atoms with Crippen LogP contribution in [0, 0.1) is 6.92 Å². The maximum Gasteiger partial charge on any atom is 0.192 e. The predicted octanol–water partition coefficient (Wildman–Crippen LogP) is 1.24. The minimum absolute atomic E-state index is 0.541. The zero-order valence-corrected chi connectivity index (χ0v) is 13.8. The molecule has 0 atom stereocenters. The Kier molecular flexibility index (Phi) is 4.67. The van der Waals surface area contributed by atoms with E-state index in [9.17, 15) is 0 Å². The van der Waals surface area contributed by atoms with E-state index in [0.29, 0.717) is 13.1 Å². The molecule has 22 heavy (non-hydrogen) atoms. The van der Waals surface area contributed by atoms with Gasteiger partial charge in [-0.05, 0) is 20.3 Å². The van der Waals surface area contributed by atoms with Gasteiger partial charge in [-0.3, -0.25) is 0 Å². The maximum atomic E-state index is 4.60. The quantitative estimate of drug-likeness (QED) is 0.640. The van der Waals surface area contributed by atoms with Gasteiger partial charge in [0.05, 0.1) is 6.54 Å². The number of aliphatic imine (C=N–C) groups is 1. The van der Waals surface area contributed by atoms with Crippen LogP contribution in [0.3, 0.4) is 0 Å². The second kappa shape index (κ2) is 6.87. The van der Waals surface area contributed by atoms with Crippen LogP contribution in [0.2, 0.25) is 0 Å². The molecule has 0 saturated heterocycles. The smallest absolute Gasteiger partial charge is 0.192 e. The third kappa shape index (κ3) is 3.44. The lowest BCUT2D eigenvalue weighted by Crippen LogP contribution is -2.36. The molecule has 0 saturated carbocycles. The van der Waals surface area contributed by atoms with Crippen LogP contribution < -0.4 is 10.6 Å². The van der Waals surface area contributed by atoms with E-state index in [-0.39, 0.29) is 0 Å². The second-order valence-corrected chi connectivity index (χ2v) is 6.16. The standard InChI is InChI=1S/C14H21N7S/c1-3-15-14(17-8-13-18-10(2)9-22-13)16-7-12-20-19-11-5-4-6-21(11)12/h9H,3-8H2,1-2H3,(H2,15,16,17). The van der Waals surface area contributed by atoms with Crippen LogP contribution in [0.4, 0.5) is 0 Å². The van der Waals surface area contributed by atoms with Crippen molar-refractivity contribution in [3.8, 4) is 0 Å². The summed E-state index contributed by atoms with van der Waals surface area (Å²) in [5, 5.41) is 18.1. The number of fused-ring (bicyclic) bond motifs is 1. The SMILES string of the molecule is CCNC(=NCc1nnc2n1CCC2)NCc1nc(C)cs1. The van der Waals surface area contributed by atoms with Crippen LogP contribution in [0.25, 0.3) is 0 Å². The molecule has 2 N–H and O–H groups in total. The topological polar surface area (TPSA) is 80.0 Å². The first-order chi connectivity index (χ1) is 10.8. The van der Waals surface area contributed by atoms with Gasteiger partial charge < -0.3 is 15.2 Å². The summed E-state index contributed by atoms with van der Waals surface area (Å²) < 4.78 is 2.18. The normalized spacial score (nSPS) is 14.2. The van der Waals surface area contributed by atoms with E-state index in [2.05, 4.69) is 47.7 Å². The number of hydrogen-bond donors (Lipinski definition) is 2. The van der Waals surface area contributed by atoms with E-state index < -0.39 is 0 Å². The molecule has 2 aromatic heterocycles. The van der Waals surface area contributed by atoms with Crippen LogP contribution in [-0.4, -0.2) is 32.3 Å². The summed E-state index contributed by atoms with van der Waals surface area (Å²) in [6.07, 6.45) is 2.18. The first kappa shape index (κ1) is 15.0. The van der Waals surface area contributed by atoms with Gasteiger partial charge in [0, 0.05) is 30.6 Å². The molecule has 7 nitrogen and oxygen atoms in total. The molecule has 8 heteroatoms. The lowest BCUT2D eigenvalue weighted by Gasteiger charge is -2.10. The molecule has 0 aromatic carbocycles. The molecule has 118 valence electrons. The van der Waals surface area contributed by atoms with E-state index >= 15 is 0 Å². The average molecular weight is 319 g/mol. The van der Waals surface area contributed by atoms with Crippen molar-refractivity contribution in [3.05, 3.63) is 27.7 Å². The molecular formula is C14H21N7S. The molecule has 0 amide bonds. The van der Waals surface area contributed by atoms with E-state index in [4.69, 9.17) is 0 Å². The van der Waals surface area contributed by atoms with Gasteiger partial charge >= 0.3 is 0 Å². The Hall–Kier alpha value is -1.96. The lowest BCUT2D eigenvalue weighted by molar-refractivity contribution is 0.684. The molecule has 0 aliphatic carbocycles. The van der Waals surface area contributed by atoms with E-state index in [1.54, 1.807) is 11.3 Å². The van der Waals surface area contributed by atoms with Crippen molar-refractivity contribution in [2.45, 2.75) is 46.3 Å². The third-order valence-electron chi connectivity index (χ3n) is 3.48.